The van der Waals surface area contributed by atoms with Crippen LogP contribution in [0.2, 0.25) is 0 Å². The maximum atomic E-state index is 6.25. The summed E-state index contributed by atoms with van der Waals surface area (Å²) in [6.45, 7) is 4.17. The lowest BCUT2D eigenvalue weighted by molar-refractivity contribution is 0.575. The predicted octanol–water partition coefficient (Wildman–Crippen LogP) is 2.54. The molecule has 2 atom stereocenters. The summed E-state index contributed by atoms with van der Waals surface area (Å²) in [6.07, 6.45) is 2.98. The van der Waals surface area contributed by atoms with Gasteiger partial charge >= 0.3 is 0 Å². The van der Waals surface area contributed by atoms with Crippen LogP contribution in [-0.2, 0) is 0 Å². The molecule has 14 heavy (non-hydrogen) atoms. The fourth-order valence-electron chi connectivity index (χ4n) is 1.94. The third-order valence-corrected chi connectivity index (χ3v) is 3.35. The first-order chi connectivity index (χ1) is 6.81. The highest BCUT2D eigenvalue weighted by molar-refractivity contribution is 6.21. The Hall–Kier alpha value is -0.760. The van der Waals surface area contributed by atoms with Crippen molar-refractivity contribution in [2.45, 2.75) is 18.7 Å². The molecule has 2 heterocycles. The van der Waals surface area contributed by atoms with Gasteiger partial charge in [-0.05, 0) is 18.1 Å². The number of halogens is 1. The first-order valence-corrected chi connectivity index (χ1v) is 5.55. The minimum atomic E-state index is 0.280. The molecule has 1 fully saturated rings. The van der Waals surface area contributed by atoms with Gasteiger partial charge in [0.15, 0.2) is 0 Å². The summed E-state index contributed by atoms with van der Waals surface area (Å²) in [4.78, 5) is 6.60. The summed E-state index contributed by atoms with van der Waals surface area (Å²) < 4.78 is 0. The predicted molar refractivity (Wildman–Crippen MR) is 59.9 cm³/mol. The van der Waals surface area contributed by atoms with Gasteiger partial charge in [0.05, 0.1) is 5.38 Å². The van der Waals surface area contributed by atoms with Gasteiger partial charge in [-0.15, -0.1) is 11.6 Å². The first kappa shape index (κ1) is 9.78. The topological polar surface area (TPSA) is 16.1 Å². The van der Waals surface area contributed by atoms with Gasteiger partial charge in [0.1, 0.15) is 5.82 Å². The van der Waals surface area contributed by atoms with E-state index >= 15 is 0 Å². The molecule has 2 unspecified atom stereocenters. The summed E-state index contributed by atoms with van der Waals surface area (Å²) in [7, 11) is 0. The Morgan fingerprint density at radius 1 is 1.50 bits per heavy atom. The van der Waals surface area contributed by atoms with Gasteiger partial charge in [-0.1, -0.05) is 19.4 Å². The van der Waals surface area contributed by atoms with Crippen molar-refractivity contribution >= 4 is 17.4 Å². The van der Waals surface area contributed by atoms with Crippen molar-refractivity contribution < 1.29 is 0 Å². The van der Waals surface area contributed by atoms with Crippen LogP contribution < -0.4 is 4.90 Å². The zero-order valence-corrected chi connectivity index (χ0v) is 9.11. The largest absolute Gasteiger partial charge is 0.355 e. The normalized spacial score (nSPS) is 26.9. The van der Waals surface area contributed by atoms with Crippen LogP contribution in [0.1, 0.15) is 13.3 Å². The summed E-state index contributed by atoms with van der Waals surface area (Å²) in [5.74, 6) is 1.66. The number of hydrogen-bond acceptors (Lipinski definition) is 2. The van der Waals surface area contributed by atoms with Crippen molar-refractivity contribution in [1.29, 1.82) is 0 Å². The Bertz CT molecular complexity index is 289. The van der Waals surface area contributed by atoms with E-state index in [4.69, 9.17) is 11.6 Å². The van der Waals surface area contributed by atoms with Gasteiger partial charge in [-0.25, -0.2) is 4.98 Å². The summed E-state index contributed by atoms with van der Waals surface area (Å²) in [5, 5.41) is 0.280. The van der Waals surface area contributed by atoms with E-state index in [1.54, 1.807) is 0 Å². The van der Waals surface area contributed by atoms with Crippen LogP contribution in [0, 0.1) is 5.92 Å². The molecule has 1 aromatic heterocycles. The van der Waals surface area contributed by atoms with E-state index in [1.165, 1.54) is 0 Å². The van der Waals surface area contributed by atoms with Gasteiger partial charge in [0.25, 0.3) is 0 Å². The lowest BCUT2D eigenvalue weighted by Gasteiger charge is -2.16. The second kappa shape index (κ2) is 4.18. The Morgan fingerprint density at radius 2 is 2.36 bits per heavy atom. The second-order valence-electron chi connectivity index (χ2n) is 3.78. The summed E-state index contributed by atoms with van der Waals surface area (Å²) >= 11 is 6.25. The van der Waals surface area contributed by atoms with Crippen molar-refractivity contribution in [2.24, 2.45) is 5.92 Å². The molecule has 2 nitrogen and oxygen atoms in total. The van der Waals surface area contributed by atoms with Gasteiger partial charge in [-0.3, -0.25) is 0 Å². The van der Waals surface area contributed by atoms with Crippen LogP contribution in [0.3, 0.4) is 0 Å². The van der Waals surface area contributed by atoms with Crippen LogP contribution in [0.25, 0.3) is 0 Å². The average Bonchev–Trinajstić information content (AvgIpc) is 2.61. The highest BCUT2D eigenvalue weighted by atomic mass is 35.5. The van der Waals surface area contributed by atoms with E-state index in [0.717, 1.165) is 25.3 Å². The van der Waals surface area contributed by atoms with Crippen molar-refractivity contribution in [3.8, 4) is 0 Å². The Labute approximate surface area is 89.9 Å². The molecule has 3 heteroatoms. The lowest BCUT2D eigenvalue weighted by Crippen LogP contribution is -2.20. The molecule has 0 radical (unpaired) electrons. The summed E-state index contributed by atoms with van der Waals surface area (Å²) in [5.41, 5.74) is 0. The first-order valence-electron chi connectivity index (χ1n) is 5.11. The number of pyridine rings is 1. The van der Waals surface area contributed by atoms with E-state index in [9.17, 15) is 0 Å². The van der Waals surface area contributed by atoms with E-state index in [-0.39, 0.29) is 5.38 Å². The molecule has 1 aromatic rings. The van der Waals surface area contributed by atoms with Crippen molar-refractivity contribution in [1.82, 2.24) is 4.98 Å². The molecule has 0 spiro atoms. The smallest absolute Gasteiger partial charge is 0.128 e. The van der Waals surface area contributed by atoms with Crippen molar-refractivity contribution in [2.75, 3.05) is 18.0 Å². The Kier molecular flexibility index (Phi) is 2.92. The third-order valence-electron chi connectivity index (χ3n) is 2.86. The molecule has 0 N–H and O–H groups in total. The fourth-order valence-corrected chi connectivity index (χ4v) is 2.37. The van der Waals surface area contributed by atoms with E-state index < -0.39 is 0 Å². The van der Waals surface area contributed by atoms with Crippen molar-refractivity contribution in [3.05, 3.63) is 24.4 Å². The minimum Gasteiger partial charge on any atom is -0.355 e. The number of hydrogen-bond donors (Lipinski definition) is 0. The van der Waals surface area contributed by atoms with Crippen LogP contribution in [0.5, 0.6) is 0 Å². The zero-order valence-electron chi connectivity index (χ0n) is 8.36. The Morgan fingerprint density at radius 3 is 2.93 bits per heavy atom. The average molecular weight is 211 g/mol. The van der Waals surface area contributed by atoms with Crippen LogP contribution in [0.4, 0.5) is 5.82 Å². The van der Waals surface area contributed by atoms with Crippen LogP contribution >= 0.6 is 11.6 Å². The molecular weight excluding hydrogens is 196 g/mol. The number of nitrogens with zero attached hydrogens (tertiary/aromatic N) is 2. The van der Waals surface area contributed by atoms with E-state index in [1.807, 2.05) is 24.4 Å². The van der Waals surface area contributed by atoms with Gasteiger partial charge < -0.3 is 4.90 Å². The SMILES string of the molecule is CCC1CN(c2ccccn2)CC1Cl. The van der Waals surface area contributed by atoms with Gasteiger partial charge in [-0.2, -0.15) is 0 Å². The zero-order chi connectivity index (χ0) is 9.97. The molecule has 1 aliphatic heterocycles. The highest BCUT2D eigenvalue weighted by Gasteiger charge is 2.30. The summed E-state index contributed by atoms with van der Waals surface area (Å²) in [6, 6.07) is 6.00. The Balaban J connectivity index is 2.09. The van der Waals surface area contributed by atoms with Gasteiger partial charge in [0, 0.05) is 19.3 Å². The highest BCUT2D eigenvalue weighted by Crippen LogP contribution is 2.27. The molecule has 0 bridgehead atoms. The number of alkyl halides is 1. The molecule has 0 aliphatic carbocycles. The third kappa shape index (κ3) is 1.85. The fraction of sp³-hybridized carbons (Fsp3) is 0.545. The van der Waals surface area contributed by atoms with Crippen LogP contribution in [0.15, 0.2) is 24.4 Å². The number of rotatable bonds is 2. The van der Waals surface area contributed by atoms with E-state index in [2.05, 4.69) is 16.8 Å². The standard InChI is InChI=1S/C11H15ClN2/c1-2-9-7-14(8-10(9)12)11-5-3-4-6-13-11/h3-6,9-10H,2,7-8H2,1H3. The lowest BCUT2D eigenvalue weighted by atomic mass is 10.1. The molecule has 0 saturated carbocycles. The molecular formula is C11H15ClN2. The molecule has 1 aliphatic rings. The van der Waals surface area contributed by atoms with Crippen molar-refractivity contribution in [3.63, 3.8) is 0 Å². The quantitative estimate of drug-likeness (QED) is 0.698. The van der Waals surface area contributed by atoms with Gasteiger partial charge in [0.2, 0.25) is 0 Å². The van der Waals surface area contributed by atoms with Crippen LogP contribution in [-0.4, -0.2) is 23.5 Å². The monoisotopic (exact) mass is 210 g/mol. The maximum absolute atomic E-state index is 6.25. The molecule has 0 amide bonds. The molecule has 76 valence electrons. The molecule has 1 saturated heterocycles. The molecule has 0 aromatic carbocycles. The second-order valence-corrected chi connectivity index (χ2v) is 4.34. The minimum absolute atomic E-state index is 0.280. The molecule has 2 rings (SSSR count). The number of anilines is 1. The number of aromatic nitrogens is 1. The maximum Gasteiger partial charge on any atom is 0.128 e. The van der Waals surface area contributed by atoms with E-state index in [0.29, 0.717) is 5.92 Å².